The van der Waals surface area contributed by atoms with Gasteiger partial charge in [-0.05, 0) is 39.0 Å². The summed E-state index contributed by atoms with van der Waals surface area (Å²) in [5.74, 6) is 0.388. The molecule has 12 heteroatoms. The second-order valence-corrected chi connectivity index (χ2v) is 8.14. The molecule has 172 valence electrons. The highest BCUT2D eigenvalue weighted by Crippen LogP contribution is 2.30. The lowest BCUT2D eigenvalue weighted by atomic mass is 10.2. The van der Waals surface area contributed by atoms with E-state index in [1.54, 1.807) is 25.7 Å². The van der Waals surface area contributed by atoms with Crippen molar-refractivity contribution in [3.63, 3.8) is 0 Å². The van der Waals surface area contributed by atoms with E-state index in [1.807, 2.05) is 4.90 Å². The van der Waals surface area contributed by atoms with Gasteiger partial charge in [0, 0.05) is 44.1 Å². The molecule has 1 amide bonds. The molecule has 0 radical (unpaired) electrons. The van der Waals surface area contributed by atoms with Crippen LogP contribution in [-0.2, 0) is 4.74 Å². The highest BCUT2D eigenvalue weighted by atomic mass is 19.3. The highest BCUT2D eigenvalue weighted by Gasteiger charge is 2.27. The molecule has 0 unspecified atom stereocenters. The number of carbonyl (C=O) groups is 1. The Morgan fingerprint density at radius 1 is 1.22 bits per heavy atom. The Hall–Kier alpha value is -3.57. The largest absolute Gasteiger partial charge is 0.444 e. The third-order valence-corrected chi connectivity index (χ3v) is 4.58. The van der Waals surface area contributed by atoms with Gasteiger partial charge in [0.25, 0.3) is 6.43 Å². The van der Waals surface area contributed by atoms with Crippen LogP contribution in [0.3, 0.4) is 0 Å². The number of nitrogens with zero attached hydrogens (tertiary/aromatic N) is 5. The number of ether oxygens (including phenoxy) is 1. The molecule has 0 saturated carbocycles. The maximum atomic E-state index is 12.9. The minimum absolute atomic E-state index is 0.0755. The lowest BCUT2D eigenvalue weighted by molar-refractivity contribution is -0.384. The van der Waals surface area contributed by atoms with Gasteiger partial charge in [0.15, 0.2) is 0 Å². The molecule has 1 saturated heterocycles. The van der Waals surface area contributed by atoms with Gasteiger partial charge >= 0.3 is 11.8 Å². The fourth-order valence-electron chi connectivity index (χ4n) is 3.08. The Morgan fingerprint density at radius 2 is 1.91 bits per heavy atom. The Kier molecular flexibility index (Phi) is 6.70. The molecule has 3 rings (SSSR count). The van der Waals surface area contributed by atoms with Crippen molar-refractivity contribution in [3.8, 4) is 0 Å². The Labute approximate surface area is 183 Å². The number of halogens is 2. The minimum Gasteiger partial charge on any atom is -0.444 e. The molecule has 1 aliphatic heterocycles. The van der Waals surface area contributed by atoms with Crippen LogP contribution in [0.1, 0.15) is 32.9 Å². The normalized spacial score (nSPS) is 14.4. The quantitative estimate of drug-likeness (QED) is 0.534. The summed E-state index contributed by atoms with van der Waals surface area (Å²) in [5, 5.41) is 14.2. The Morgan fingerprint density at radius 3 is 2.50 bits per heavy atom. The number of anilines is 3. The Bertz CT molecular complexity index is 990. The first-order chi connectivity index (χ1) is 15.0. The Balaban J connectivity index is 1.76. The van der Waals surface area contributed by atoms with Crippen LogP contribution in [0.5, 0.6) is 0 Å². The SMILES string of the molecule is CC(C)(C)OC(=O)N1CCN(c2ccc([N+](=O)[O-])c(Nc3ccnc(C(F)F)c3)n2)CC1. The molecule has 1 aliphatic rings. The topological polar surface area (TPSA) is 114 Å². The van der Waals surface area contributed by atoms with Gasteiger partial charge in [-0.3, -0.25) is 15.1 Å². The van der Waals surface area contributed by atoms with E-state index in [9.17, 15) is 23.7 Å². The van der Waals surface area contributed by atoms with E-state index in [0.717, 1.165) is 6.07 Å². The first kappa shape index (κ1) is 23.1. The molecule has 3 heterocycles. The van der Waals surface area contributed by atoms with E-state index in [1.165, 1.54) is 24.4 Å². The molecule has 1 N–H and O–H groups in total. The van der Waals surface area contributed by atoms with Crippen molar-refractivity contribution in [3.05, 3.63) is 46.3 Å². The molecule has 1 fully saturated rings. The van der Waals surface area contributed by atoms with Crippen LogP contribution in [0.25, 0.3) is 0 Å². The van der Waals surface area contributed by atoms with Gasteiger partial charge in [-0.15, -0.1) is 0 Å². The van der Waals surface area contributed by atoms with Crippen LogP contribution in [0.2, 0.25) is 0 Å². The number of amides is 1. The number of rotatable bonds is 5. The van der Waals surface area contributed by atoms with E-state index >= 15 is 0 Å². The van der Waals surface area contributed by atoms with Gasteiger partial charge in [-0.25, -0.2) is 18.6 Å². The number of aromatic nitrogens is 2. The van der Waals surface area contributed by atoms with Crippen LogP contribution < -0.4 is 10.2 Å². The van der Waals surface area contributed by atoms with E-state index in [-0.39, 0.29) is 17.2 Å². The predicted molar refractivity (Wildman–Crippen MR) is 113 cm³/mol. The molecule has 0 atom stereocenters. The minimum atomic E-state index is -2.77. The molecular weight excluding hydrogens is 426 g/mol. The van der Waals surface area contributed by atoms with Gasteiger partial charge < -0.3 is 19.9 Å². The summed E-state index contributed by atoms with van der Waals surface area (Å²) in [6, 6.07) is 5.36. The average molecular weight is 450 g/mol. The van der Waals surface area contributed by atoms with Gasteiger partial charge in [-0.1, -0.05) is 0 Å². The third-order valence-electron chi connectivity index (χ3n) is 4.58. The maximum absolute atomic E-state index is 12.9. The van der Waals surface area contributed by atoms with E-state index in [2.05, 4.69) is 15.3 Å². The van der Waals surface area contributed by atoms with Crippen LogP contribution in [0.4, 0.5) is 36.6 Å². The van der Waals surface area contributed by atoms with Crippen LogP contribution in [-0.4, -0.2) is 57.7 Å². The van der Waals surface area contributed by atoms with E-state index in [0.29, 0.717) is 32.0 Å². The smallest absolute Gasteiger partial charge is 0.410 e. The second kappa shape index (κ2) is 9.28. The fraction of sp³-hybridized carbons (Fsp3) is 0.450. The molecule has 0 aromatic carbocycles. The summed E-state index contributed by atoms with van der Waals surface area (Å²) in [6.45, 7) is 7.09. The summed E-state index contributed by atoms with van der Waals surface area (Å²) < 4.78 is 31.2. The van der Waals surface area contributed by atoms with E-state index in [4.69, 9.17) is 4.74 Å². The zero-order chi connectivity index (χ0) is 23.5. The van der Waals surface area contributed by atoms with Crippen LogP contribution in [0, 0.1) is 10.1 Å². The molecule has 10 nitrogen and oxygen atoms in total. The first-order valence-electron chi connectivity index (χ1n) is 9.93. The average Bonchev–Trinajstić information content (AvgIpc) is 2.72. The summed E-state index contributed by atoms with van der Waals surface area (Å²) in [7, 11) is 0. The van der Waals surface area contributed by atoms with Crippen molar-refractivity contribution in [2.75, 3.05) is 36.4 Å². The monoisotopic (exact) mass is 450 g/mol. The summed E-state index contributed by atoms with van der Waals surface area (Å²) >= 11 is 0. The number of piperazine rings is 1. The van der Waals surface area contributed by atoms with Gasteiger partial charge in [0.1, 0.15) is 17.1 Å². The number of alkyl halides is 2. The molecule has 2 aromatic rings. The third kappa shape index (κ3) is 5.77. The number of hydrogen-bond acceptors (Lipinski definition) is 8. The molecule has 32 heavy (non-hydrogen) atoms. The highest BCUT2D eigenvalue weighted by molar-refractivity contribution is 5.70. The number of pyridine rings is 2. The first-order valence-corrected chi connectivity index (χ1v) is 9.93. The predicted octanol–water partition coefficient (Wildman–Crippen LogP) is 4.12. The standard InChI is InChI=1S/C20H24F2N6O4/c1-20(2,3)32-19(29)27-10-8-26(9-11-27)16-5-4-15(28(30)31)18(25-16)24-13-6-7-23-14(12-13)17(21)22/h4-7,12,17H,8-11H2,1-3H3,(H,23,24,25). The number of nitro groups is 1. The van der Waals surface area contributed by atoms with Crippen LogP contribution >= 0.6 is 0 Å². The van der Waals surface area contributed by atoms with E-state index < -0.39 is 28.7 Å². The van der Waals surface area contributed by atoms with Gasteiger partial charge in [0.05, 0.1) is 4.92 Å². The summed E-state index contributed by atoms with van der Waals surface area (Å²) in [5.41, 5.74) is -1.13. The second-order valence-electron chi connectivity index (χ2n) is 8.14. The van der Waals surface area contributed by atoms with Crippen molar-refractivity contribution in [2.24, 2.45) is 0 Å². The fourth-order valence-corrected chi connectivity index (χ4v) is 3.08. The van der Waals surface area contributed by atoms with Crippen molar-refractivity contribution >= 4 is 29.1 Å². The number of hydrogen-bond donors (Lipinski definition) is 1. The van der Waals surface area contributed by atoms with Crippen molar-refractivity contribution < 1.29 is 23.2 Å². The molecule has 0 spiro atoms. The van der Waals surface area contributed by atoms with Crippen LogP contribution in [0.15, 0.2) is 30.5 Å². The van der Waals surface area contributed by atoms with Crippen molar-refractivity contribution in [2.45, 2.75) is 32.8 Å². The summed E-state index contributed by atoms with van der Waals surface area (Å²) in [6.07, 6.45) is -1.98. The lowest BCUT2D eigenvalue weighted by Crippen LogP contribution is -2.50. The van der Waals surface area contributed by atoms with Crippen molar-refractivity contribution in [1.29, 1.82) is 0 Å². The lowest BCUT2D eigenvalue weighted by Gasteiger charge is -2.36. The number of carbonyl (C=O) groups excluding carboxylic acids is 1. The maximum Gasteiger partial charge on any atom is 0.410 e. The van der Waals surface area contributed by atoms with Crippen molar-refractivity contribution in [1.82, 2.24) is 14.9 Å². The molecular formula is C20H24F2N6O4. The van der Waals surface area contributed by atoms with Gasteiger partial charge in [-0.2, -0.15) is 0 Å². The zero-order valence-electron chi connectivity index (χ0n) is 17.9. The number of nitrogens with one attached hydrogen (secondary N) is 1. The molecule has 0 aliphatic carbocycles. The zero-order valence-corrected chi connectivity index (χ0v) is 17.9. The molecule has 2 aromatic heterocycles. The van der Waals surface area contributed by atoms with Gasteiger partial charge in [0.2, 0.25) is 5.82 Å². The summed E-state index contributed by atoms with van der Waals surface area (Å²) in [4.78, 5) is 34.5. The molecule has 0 bridgehead atoms.